The van der Waals surface area contributed by atoms with Crippen molar-refractivity contribution in [2.45, 2.75) is 6.92 Å². The van der Waals surface area contributed by atoms with Gasteiger partial charge in [-0.15, -0.1) is 0 Å². The standard InChI is InChI=1S/C18H16N2O2/c1-12-10-14(7-8-16(12)22-11-17(19)21)15-6-2-4-13-5-3-9-20-18(13)15/h2-10H,11H2,1H3,(H2,19,21). The quantitative estimate of drug-likeness (QED) is 0.803. The third-order valence-electron chi connectivity index (χ3n) is 3.49. The summed E-state index contributed by atoms with van der Waals surface area (Å²) < 4.78 is 5.39. The molecule has 110 valence electrons. The van der Waals surface area contributed by atoms with E-state index >= 15 is 0 Å². The Labute approximate surface area is 128 Å². The van der Waals surface area contributed by atoms with E-state index in [-0.39, 0.29) is 6.61 Å². The van der Waals surface area contributed by atoms with E-state index < -0.39 is 5.91 Å². The van der Waals surface area contributed by atoms with Gasteiger partial charge < -0.3 is 10.5 Å². The number of pyridine rings is 1. The molecule has 4 nitrogen and oxygen atoms in total. The molecule has 4 heteroatoms. The van der Waals surface area contributed by atoms with Crippen LogP contribution in [0.2, 0.25) is 0 Å². The zero-order valence-corrected chi connectivity index (χ0v) is 12.2. The molecule has 3 aromatic rings. The first kappa shape index (κ1) is 14.1. The molecule has 1 aromatic heterocycles. The van der Waals surface area contributed by atoms with Crippen LogP contribution < -0.4 is 10.5 Å². The second-order valence-electron chi connectivity index (χ2n) is 5.12. The second-order valence-corrected chi connectivity index (χ2v) is 5.12. The monoisotopic (exact) mass is 292 g/mol. The van der Waals surface area contributed by atoms with E-state index in [9.17, 15) is 4.79 Å². The summed E-state index contributed by atoms with van der Waals surface area (Å²) in [6, 6.07) is 15.9. The Balaban J connectivity index is 2.01. The van der Waals surface area contributed by atoms with Gasteiger partial charge in [0.25, 0.3) is 5.91 Å². The Bertz CT molecular complexity index is 838. The summed E-state index contributed by atoms with van der Waals surface area (Å²) in [4.78, 5) is 15.3. The summed E-state index contributed by atoms with van der Waals surface area (Å²) in [6.07, 6.45) is 1.79. The number of fused-ring (bicyclic) bond motifs is 1. The molecule has 0 spiro atoms. The van der Waals surface area contributed by atoms with Crippen LogP contribution in [0.4, 0.5) is 0 Å². The highest BCUT2D eigenvalue weighted by Crippen LogP contribution is 2.30. The summed E-state index contributed by atoms with van der Waals surface area (Å²) in [5.41, 5.74) is 9.15. The van der Waals surface area contributed by atoms with Gasteiger partial charge in [-0.3, -0.25) is 9.78 Å². The molecule has 0 radical (unpaired) electrons. The van der Waals surface area contributed by atoms with Gasteiger partial charge in [0.05, 0.1) is 5.52 Å². The van der Waals surface area contributed by atoms with E-state index in [1.165, 1.54) is 0 Å². The Hall–Kier alpha value is -2.88. The highest BCUT2D eigenvalue weighted by molar-refractivity contribution is 5.93. The maximum absolute atomic E-state index is 10.8. The minimum absolute atomic E-state index is 0.115. The average Bonchev–Trinajstić information content (AvgIpc) is 2.53. The predicted molar refractivity (Wildman–Crippen MR) is 86.6 cm³/mol. The Morgan fingerprint density at radius 3 is 2.77 bits per heavy atom. The summed E-state index contributed by atoms with van der Waals surface area (Å²) >= 11 is 0. The number of benzene rings is 2. The molecule has 0 fully saturated rings. The van der Waals surface area contributed by atoms with Crippen molar-refractivity contribution in [1.29, 1.82) is 0 Å². The number of aryl methyl sites for hydroxylation is 1. The topological polar surface area (TPSA) is 65.2 Å². The Morgan fingerprint density at radius 1 is 1.18 bits per heavy atom. The fourth-order valence-corrected chi connectivity index (χ4v) is 2.46. The summed E-state index contributed by atoms with van der Waals surface area (Å²) in [5, 5.41) is 1.10. The first-order chi connectivity index (χ1) is 10.6. The number of amides is 1. The van der Waals surface area contributed by atoms with Crippen LogP contribution in [-0.4, -0.2) is 17.5 Å². The molecule has 2 N–H and O–H groups in total. The third kappa shape index (κ3) is 2.76. The van der Waals surface area contributed by atoms with Crippen LogP contribution in [0.1, 0.15) is 5.56 Å². The Morgan fingerprint density at radius 2 is 2.00 bits per heavy atom. The van der Waals surface area contributed by atoms with Crippen LogP contribution in [0, 0.1) is 6.92 Å². The zero-order chi connectivity index (χ0) is 15.5. The van der Waals surface area contributed by atoms with E-state index in [2.05, 4.69) is 4.98 Å². The summed E-state index contributed by atoms with van der Waals surface area (Å²) in [7, 11) is 0. The lowest BCUT2D eigenvalue weighted by molar-refractivity contribution is -0.119. The smallest absolute Gasteiger partial charge is 0.255 e. The fourth-order valence-electron chi connectivity index (χ4n) is 2.46. The number of rotatable bonds is 4. The van der Waals surface area contributed by atoms with Gasteiger partial charge in [-0.2, -0.15) is 0 Å². The molecule has 1 heterocycles. The minimum Gasteiger partial charge on any atom is -0.484 e. The third-order valence-corrected chi connectivity index (χ3v) is 3.49. The molecule has 0 unspecified atom stereocenters. The second kappa shape index (κ2) is 5.85. The van der Waals surface area contributed by atoms with E-state index in [0.717, 1.165) is 27.6 Å². The summed E-state index contributed by atoms with van der Waals surface area (Å²) in [6.45, 7) is 1.83. The van der Waals surface area contributed by atoms with Gasteiger partial charge in [-0.05, 0) is 36.2 Å². The van der Waals surface area contributed by atoms with Crippen molar-refractivity contribution in [2.24, 2.45) is 5.73 Å². The fraction of sp³-hybridized carbons (Fsp3) is 0.111. The number of para-hydroxylation sites is 1. The van der Waals surface area contributed by atoms with Crippen molar-refractivity contribution < 1.29 is 9.53 Å². The van der Waals surface area contributed by atoms with E-state index in [0.29, 0.717) is 5.75 Å². The SMILES string of the molecule is Cc1cc(-c2cccc3cccnc23)ccc1OCC(N)=O. The van der Waals surface area contributed by atoms with E-state index in [4.69, 9.17) is 10.5 Å². The molecule has 3 rings (SSSR count). The molecular formula is C18H16N2O2. The number of carbonyl (C=O) groups is 1. The van der Waals surface area contributed by atoms with E-state index in [1.807, 2.05) is 55.5 Å². The van der Waals surface area contributed by atoms with Crippen molar-refractivity contribution in [1.82, 2.24) is 4.98 Å². The van der Waals surface area contributed by atoms with Crippen molar-refractivity contribution in [2.75, 3.05) is 6.61 Å². The van der Waals surface area contributed by atoms with Crippen LogP contribution in [0.25, 0.3) is 22.0 Å². The number of primary amides is 1. The zero-order valence-electron chi connectivity index (χ0n) is 12.2. The number of nitrogens with two attached hydrogens (primary N) is 1. The molecule has 1 amide bonds. The molecule has 22 heavy (non-hydrogen) atoms. The molecule has 0 aliphatic rings. The van der Waals surface area contributed by atoms with Gasteiger partial charge in [0.15, 0.2) is 6.61 Å². The molecule has 0 aliphatic carbocycles. The van der Waals surface area contributed by atoms with Crippen LogP contribution in [0.15, 0.2) is 54.7 Å². The van der Waals surface area contributed by atoms with Crippen LogP contribution in [0.5, 0.6) is 5.75 Å². The average molecular weight is 292 g/mol. The first-order valence-corrected chi connectivity index (χ1v) is 7.01. The molecule has 0 saturated carbocycles. The lowest BCUT2D eigenvalue weighted by Crippen LogP contribution is -2.20. The maximum Gasteiger partial charge on any atom is 0.255 e. The van der Waals surface area contributed by atoms with Crippen molar-refractivity contribution in [3.63, 3.8) is 0 Å². The molecule has 0 aliphatic heterocycles. The number of hydrogen-bond donors (Lipinski definition) is 1. The number of carbonyl (C=O) groups excluding carboxylic acids is 1. The first-order valence-electron chi connectivity index (χ1n) is 7.01. The number of nitrogens with zero attached hydrogens (tertiary/aromatic N) is 1. The van der Waals surface area contributed by atoms with Gasteiger partial charge in [0.2, 0.25) is 0 Å². The summed E-state index contributed by atoms with van der Waals surface area (Å²) in [5.74, 6) is 0.178. The van der Waals surface area contributed by atoms with E-state index in [1.54, 1.807) is 6.20 Å². The van der Waals surface area contributed by atoms with Gasteiger partial charge in [0, 0.05) is 17.1 Å². The van der Waals surface area contributed by atoms with Gasteiger partial charge >= 0.3 is 0 Å². The molecule has 0 saturated heterocycles. The van der Waals surface area contributed by atoms with Crippen LogP contribution >= 0.6 is 0 Å². The highest BCUT2D eigenvalue weighted by Gasteiger charge is 2.08. The van der Waals surface area contributed by atoms with Gasteiger partial charge in [0.1, 0.15) is 5.75 Å². The van der Waals surface area contributed by atoms with Gasteiger partial charge in [-0.25, -0.2) is 0 Å². The molecule has 0 atom stereocenters. The maximum atomic E-state index is 10.8. The lowest BCUT2D eigenvalue weighted by atomic mass is 10.00. The van der Waals surface area contributed by atoms with Crippen LogP contribution in [-0.2, 0) is 4.79 Å². The predicted octanol–water partition coefficient (Wildman–Crippen LogP) is 3.07. The Kier molecular flexibility index (Phi) is 3.74. The van der Waals surface area contributed by atoms with Crippen LogP contribution in [0.3, 0.4) is 0 Å². The minimum atomic E-state index is -0.485. The molecule has 0 bridgehead atoms. The number of ether oxygens (including phenoxy) is 1. The number of hydrogen-bond acceptors (Lipinski definition) is 3. The molecular weight excluding hydrogens is 276 g/mol. The largest absolute Gasteiger partial charge is 0.484 e. The lowest BCUT2D eigenvalue weighted by Gasteiger charge is -2.11. The van der Waals surface area contributed by atoms with Gasteiger partial charge in [-0.1, -0.05) is 30.3 Å². The van der Waals surface area contributed by atoms with Crippen molar-refractivity contribution >= 4 is 16.8 Å². The highest BCUT2D eigenvalue weighted by atomic mass is 16.5. The van der Waals surface area contributed by atoms with Crippen molar-refractivity contribution in [3.05, 3.63) is 60.3 Å². The normalized spacial score (nSPS) is 10.6. The van der Waals surface area contributed by atoms with Crippen molar-refractivity contribution in [3.8, 4) is 16.9 Å². The molecule has 2 aromatic carbocycles. The number of aromatic nitrogens is 1.